The van der Waals surface area contributed by atoms with Crippen LogP contribution in [0.5, 0.6) is 0 Å². The van der Waals surface area contributed by atoms with Crippen LogP contribution in [-0.4, -0.2) is 21.5 Å². The highest BCUT2D eigenvalue weighted by Crippen LogP contribution is 2.33. The highest BCUT2D eigenvalue weighted by molar-refractivity contribution is 6.07. The fourth-order valence-electron chi connectivity index (χ4n) is 4.43. The normalized spacial score (nSPS) is 19.9. The number of fused-ring (bicyclic) bond motifs is 1. The van der Waals surface area contributed by atoms with Crippen molar-refractivity contribution in [1.29, 1.82) is 0 Å². The van der Waals surface area contributed by atoms with Gasteiger partial charge < -0.3 is 14.9 Å². The number of nitrogens with zero attached hydrogens (tertiary/aromatic N) is 1. The lowest BCUT2D eigenvalue weighted by molar-refractivity contribution is 0.0926. The van der Waals surface area contributed by atoms with Gasteiger partial charge in [0.15, 0.2) is 0 Å². The summed E-state index contributed by atoms with van der Waals surface area (Å²) < 4.78 is 1.86. The van der Waals surface area contributed by atoms with E-state index < -0.39 is 0 Å². The van der Waals surface area contributed by atoms with Gasteiger partial charge in [-0.15, -0.1) is 0 Å². The molecule has 3 aromatic rings. The first-order valence-electron chi connectivity index (χ1n) is 9.57. The minimum Gasteiger partial charge on any atom is -0.349 e. The number of aromatic amines is 1. The molecule has 1 saturated carbocycles. The Bertz CT molecular complexity index is 1030. The molecule has 2 aromatic heterocycles. The van der Waals surface area contributed by atoms with Crippen LogP contribution in [0.3, 0.4) is 0 Å². The highest BCUT2D eigenvalue weighted by Gasteiger charge is 2.26. The Morgan fingerprint density at radius 2 is 2.00 bits per heavy atom. The molecule has 2 atom stereocenters. The zero-order valence-corrected chi connectivity index (χ0v) is 15.8. The molecular formula is C22H25N3O2. The number of benzene rings is 1. The third-order valence-corrected chi connectivity index (χ3v) is 5.73. The van der Waals surface area contributed by atoms with Crippen LogP contribution in [0.25, 0.3) is 10.9 Å². The summed E-state index contributed by atoms with van der Waals surface area (Å²) in [6.07, 6.45) is 7.63. The van der Waals surface area contributed by atoms with E-state index in [1.54, 1.807) is 12.4 Å². The zero-order chi connectivity index (χ0) is 19.0. The predicted molar refractivity (Wildman–Crippen MR) is 107 cm³/mol. The molecule has 5 nitrogen and oxygen atoms in total. The van der Waals surface area contributed by atoms with Crippen molar-refractivity contribution in [2.24, 2.45) is 7.05 Å². The molecular weight excluding hydrogens is 338 g/mol. The standard InChI is InChI=1S/C22H25N3O2/c1-14-12-23-22(27)19-18(13-25(2)20(14)19)21(26)24-17-10-6-9-16(11-17)15-7-4-3-5-8-15/h3-5,7-8,12-13,16-17H,6,9-11H2,1-2H3,(H,23,27)(H,24,26)/t16?,17-/m0/s1. The number of nitrogens with one attached hydrogen (secondary N) is 2. The molecule has 1 amide bonds. The maximum atomic E-state index is 13.0. The first kappa shape index (κ1) is 17.6. The van der Waals surface area contributed by atoms with Crippen LogP contribution in [0, 0.1) is 6.92 Å². The van der Waals surface area contributed by atoms with Gasteiger partial charge in [0.1, 0.15) is 0 Å². The van der Waals surface area contributed by atoms with Gasteiger partial charge in [0.05, 0.1) is 16.5 Å². The smallest absolute Gasteiger partial charge is 0.258 e. The van der Waals surface area contributed by atoms with E-state index in [-0.39, 0.29) is 17.5 Å². The number of aromatic nitrogens is 2. The van der Waals surface area contributed by atoms with Crippen LogP contribution < -0.4 is 10.9 Å². The number of carbonyl (C=O) groups is 1. The van der Waals surface area contributed by atoms with E-state index in [1.165, 1.54) is 5.56 Å². The van der Waals surface area contributed by atoms with Crippen molar-refractivity contribution in [2.75, 3.05) is 0 Å². The maximum Gasteiger partial charge on any atom is 0.258 e. The fraction of sp³-hybridized carbons (Fsp3) is 0.364. The molecule has 1 aliphatic rings. The molecule has 1 fully saturated rings. The molecule has 140 valence electrons. The highest BCUT2D eigenvalue weighted by atomic mass is 16.2. The van der Waals surface area contributed by atoms with Gasteiger partial charge in [0, 0.05) is 25.5 Å². The number of pyridine rings is 1. The monoisotopic (exact) mass is 363 g/mol. The van der Waals surface area contributed by atoms with Gasteiger partial charge in [-0.2, -0.15) is 0 Å². The molecule has 4 rings (SSSR count). The second kappa shape index (κ2) is 7.06. The van der Waals surface area contributed by atoms with Crippen molar-refractivity contribution in [3.63, 3.8) is 0 Å². The van der Waals surface area contributed by atoms with Gasteiger partial charge >= 0.3 is 0 Å². The number of rotatable bonds is 3. The fourth-order valence-corrected chi connectivity index (χ4v) is 4.43. The summed E-state index contributed by atoms with van der Waals surface area (Å²) in [4.78, 5) is 28.1. The van der Waals surface area contributed by atoms with E-state index in [4.69, 9.17) is 0 Å². The largest absolute Gasteiger partial charge is 0.349 e. The Labute approximate surface area is 158 Å². The maximum absolute atomic E-state index is 13.0. The molecule has 2 N–H and O–H groups in total. The summed E-state index contributed by atoms with van der Waals surface area (Å²) in [5.74, 6) is 0.318. The lowest BCUT2D eigenvalue weighted by Crippen LogP contribution is -2.38. The predicted octanol–water partition coefficient (Wildman–Crippen LogP) is 3.63. The summed E-state index contributed by atoms with van der Waals surface area (Å²) in [5.41, 5.74) is 3.35. The number of amides is 1. The molecule has 0 radical (unpaired) electrons. The van der Waals surface area contributed by atoms with E-state index in [1.807, 2.05) is 24.6 Å². The van der Waals surface area contributed by atoms with Crippen LogP contribution in [0.4, 0.5) is 0 Å². The van der Waals surface area contributed by atoms with Crippen molar-refractivity contribution in [2.45, 2.75) is 44.6 Å². The second-order valence-corrected chi connectivity index (χ2v) is 7.62. The number of aryl methyl sites for hydroxylation is 2. The Balaban J connectivity index is 1.57. The average molecular weight is 363 g/mol. The zero-order valence-electron chi connectivity index (χ0n) is 15.8. The SMILES string of the molecule is Cc1c[nH]c(=O)c2c(C(=O)N[C@H]3CCCC(c4ccccc4)C3)cn(C)c12. The van der Waals surface area contributed by atoms with Crippen molar-refractivity contribution < 1.29 is 4.79 Å². The van der Waals surface area contributed by atoms with Crippen molar-refractivity contribution in [3.8, 4) is 0 Å². The summed E-state index contributed by atoms with van der Waals surface area (Å²) in [7, 11) is 1.87. The Morgan fingerprint density at radius 3 is 2.78 bits per heavy atom. The van der Waals surface area contributed by atoms with Crippen LogP contribution in [0.1, 0.15) is 53.1 Å². The second-order valence-electron chi connectivity index (χ2n) is 7.62. The molecule has 0 spiro atoms. The van der Waals surface area contributed by atoms with Gasteiger partial charge in [0.2, 0.25) is 0 Å². The first-order chi connectivity index (χ1) is 13.0. The van der Waals surface area contributed by atoms with Crippen LogP contribution in [0.15, 0.2) is 47.5 Å². The van der Waals surface area contributed by atoms with Crippen molar-refractivity contribution in [3.05, 3.63) is 69.8 Å². The quantitative estimate of drug-likeness (QED) is 0.746. The number of H-pyrrole nitrogens is 1. The van der Waals surface area contributed by atoms with Crippen LogP contribution >= 0.6 is 0 Å². The molecule has 0 bridgehead atoms. The van der Waals surface area contributed by atoms with E-state index in [0.717, 1.165) is 36.8 Å². The first-order valence-corrected chi connectivity index (χ1v) is 9.57. The van der Waals surface area contributed by atoms with Gasteiger partial charge in [-0.1, -0.05) is 36.8 Å². The minimum absolute atomic E-state index is 0.135. The lowest BCUT2D eigenvalue weighted by atomic mass is 9.81. The number of hydrogen-bond donors (Lipinski definition) is 2. The lowest BCUT2D eigenvalue weighted by Gasteiger charge is -2.30. The third kappa shape index (κ3) is 3.29. The number of hydrogen-bond acceptors (Lipinski definition) is 2. The summed E-state index contributed by atoms with van der Waals surface area (Å²) in [6, 6.07) is 10.6. The van der Waals surface area contributed by atoms with E-state index in [2.05, 4.69) is 34.6 Å². The van der Waals surface area contributed by atoms with Crippen molar-refractivity contribution >= 4 is 16.8 Å². The Morgan fingerprint density at radius 1 is 1.22 bits per heavy atom. The molecule has 0 saturated heterocycles. The summed E-state index contributed by atoms with van der Waals surface area (Å²) in [5, 5.41) is 3.66. The Hall–Kier alpha value is -2.82. The molecule has 5 heteroatoms. The van der Waals surface area contributed by atoms with E-state index in [0.29, 0.717) is 16.9 Å². The van der Waals surface area contributed by atoms with Gasteiger partial charge in [-0.05, 0) is 43.2 Å². The van der Waals surface area contributed by atoms with E-state index in [9.17, 15) is 9.59 Å². The minimum atomic E-state index is -0.216. The van der Waals surface area contributed by atoms with Crippen molar-refractivity contribution in [1.82, 2.24) is 14.9 Å². The topological polar surface area (TPSA) is 66.9 Å². The molecule has 1 aromatic carbocycles. The van der Waals surface area contributed by atoms with Crippen LogP contribution in [-0.2, 0) is 7.05 Å². The van der Waals surface area contributed by atoms with Gasteiger partial charge in [-0.3, -0.25) is 9.59 Å². The molecule has 1 unspecified atom stereocenters. The Kier molecular flexibility index (Phi) is 4.60. The molecule has 27 heavy (non-hydrogen) atoms. The number of carbonyl (C=O) groups excluding carboxylic acids is 1. The van der Waals surface area contributed by atoms with Gasteiger partial charge in [-0.25, -0.2) is 0 Å². The molecule has 0 aliphatic heterocycles. The van der Waals surface area contributed by atoms with E-state index >= 15 is 0 Å². The van der Waals surface area contributed by atoms with Gasteiger partial charge in [0.25, 0.3) is 11.5 Å². The third-order valence-electron chi connectivity index (χ3n) is 5.73. The molecule has 2 heterocycles. The average Bonchev–Trinajstić information content (AvgIpc) is 3.04. The molecule has 1 aliphatic carbocycles. The summed E-state index contributed by atoms with van der Waals surface area (Å²) >= 11 is 0. The summed E-state index contributed by atoms with van der Waals surface area (Å²) in [6.45, 7) is 1.94. The van der Waals surface area contributed by atoms with Crippen LogP contribution in [0.2, 0.25) is 0 Å².